The van der Waals surface area contributed by atoms with Crippen molar-refractivity contribution in [3.63, 3.8) is 0 Å². The molecular formula is C10H17N3. The molecule has 0 saturated heterocycles. The highest BCUT2D eigenvalue weighted by atomic mass is 15.3. The quantitative estimate of drug-likeness (QED) is 0.764. The van der Waals surface area contributed by atoms with Crippen molar-refractivity contribution in [1.29, 1.82) is 0 Å². The Kier molecular flexibility index (Phi) is 2.88. The maximum atomic E-state index is 5.56. The van der Waals surface area contributed by atoms with Gasteiger partial charge in [-0.05, 0) is 26.3 Å². The number of aryl methyl sites for hydroxylation is 2. The first-order chi connectivity index (χ1) is 6.11. The number of hydrogen-bond donors (Lipinski definition) is 1. The summed E-state index contributed by atoms with van der Waals surface area (Å²) in [4.78, 5) is 0. The van der Waals surface area contributed by atoms with Crippen LogP contribution in [-0.2, 0) is 6.54 Å². The molecule has 1 heterocycles. The Hall–Kier alpha value is -1.09. The molecule has 0 radical (unpaired) electrons. The van der Waals surface area contributed by atoms with Crippen molar-refractivity contribution in [2.24, 2.45) is 5.73 Å². The molecule has 0 saturated carbocycles. The van der Waals surface area contributed by atoms with Gasteiger partial charge in [-0.3, -0.25) is 4.68 Å². The monoisotopic (exact) mass is 179 g/mol. The number of hydrogen-bond acceptors (Lipinski definition) is 2. The summed E-state index contributed by atoms with van der Waals surface area (Å²) in [5.74, 6) is 0. The number of nitrogens with zero attached hydrogens (tertiary/aromatic N) is 2. The fraction of sp³-hybridized carbons (Fsp3) is 0.500. The normalized spacial score (nSPS) is 10.5. The lowest BCUT2D eigenvalue weighted by atomic mass is 10.1. The van der Waals surface area contributed by atoms with Crippen LogP contribution in [0.4, 0.5) is 0 Å². The van der Waals surface area contributed by atoms with Crippen molar-refractivity contribution in [2.75, 3.05) is 6.54 Å². The minimum atomic E-state index is 0.497. The third-order valence-corrected chi connectivity index (χ3v) is 2.28. The molecule has 1 aromatic heterocycles. The van der Waals surface area contributed by atoms with Gasteiger partial charge in [0, 0.05) is 24.3 Å². The van der Waals surface area contributed by atoms with E-state index in [4.69, 9.17) is 5.73 Å². The van der Waals surface area contributed by atoms with Gasteiger partial charge in [-0.25, -0.2) is 0 Å². The van der Waals surface area contributed by atoms with E-state index >= 15 is 0 Å². The van der Waals surface area contributed by atoms with Gasteiger partial charge in [0.1, 0.15) is 0 Å². The Morgan fingerprint density at radius 1 is 1.54 bits per heavy atom. The van der Waals surface area contributed by atoms with Crippen LogP contribution in [0.2, 0.25) is 0 Å². The summed E-state index contributed by atoms with van der Waals surface area (Å²) in [7, 11) is 0. The van der Waals surface area contributed by atoms with Gasteiger partial charge >= 0.3 is 0 Å². The molecule has 0 aliphatic heterocycles. The summed E-state index contributed by atoms with van der Waals surface area (Å²) < 4.78 is 1.98. The molecule has 0 bridgehead atoms. The van der Waals surface area contributed by atoms with E-state index in [2.05, 4.69) is 25.5 Å². The van der Waals surface area contributed by atoms with Crippen LogP contribution < -0.4 is 5.73 Å². The van der Waals surface area contributed by atoms with Crippen molar-refractivity contribution in [3.05, 3.63) is 23.5 Å². The molecule has 0 aliphatic carbocycles. The van der Waals surface area contributed by atoms with E-state index in [1.54, 1.807) is 0 Å². The van der Waals surface area contributed by atoms with E-state index in [-0.39, 0.29) is 0 Å². The molecule has 0 fully saturated rings. The molecular weight excluding hydrogens is 162 g/mol. The highest BCUT2D eigenvalue weighted by molar-refractivity contribution is 5.68. The molecule has 13 heavy (non-hydrogen) atoms. The maximum Gasteiger partial charge on any atom is 0.0671 e. The zero-order chi connectivity index (χ0) is 10.0. The van der Waals surface area contributed by atoms with Gasteiger partial charge in [0.05, 0.1) is 5.69 Å². The van der Waals surface area contributed by atoms with Gasteiger partial charge in [-0.15, -0.1) is 0 Å². The second kappa shape index (κ2) is 3.75. The van der Waals surface area contributed by atoms with Crippen LogP contribution in [0.5, 0.6) is 0 Å². The molecule has 2 N–H and O–H groups in total. The molecule has 0 atom stereocenters. The van der Waals surface area contributed by atoms with Crippen LogP contribution in [0.1, 0.15) is 23.9 Å². The predicted molar refractivity (Wildman–Crippen MR) is 55.5 cm³/mol. The van der Waals surface area contributed by atoms with Crippen LogP contribution in [0.3, 0.4) is 0 Å². The van der Waals surface area contributed by atoms with Crippen molar-refractivity contribution >= 4 is 5.57 Å². The fourth-order valence-electron chi connectivity index (χ4n) is 1.62. The first kappa shape index (κ1) is 9.99. The van der Waals surface area contributed by atoms with E-state index in [1.807, 2.05) is 11.6 Å². The van der Waals surface area contributed by atoms with E-state index in [1.165, 1.54) is 0 Å². The predicted octanol–water partition coefficient (Wildman–Crippen LogP) is 1.49. The molecule has 0 aromatic carbocycles. The van der Waals surface area contributed by atoms with Gasteiger partial charge in [0.2, 0.25) is 0 Å². The molecule has 1 aromatic rings. The standard InChI is InChI=1S/C10H17N3/c1-5-13-9(4)10(7(2)6-11)8(3)12-13/h2,5-6,11H2,1,3-4H3. The average Bonchev–Trinajstić information content (AvgIpc) is 2.40. The lowest BCUT2D eigenvalue weighted by Gasteiger charge is -2.03. The lowest BCUT2D eigenvalue weighted by Crippen LogP contribution is -2.03. The van der Waals surface area contributed by atoms with Gasteiger partial charge < -0.3 is 5.73 Å². The highest BCUT2D eigenvalue weighted by Gasteiger charge is 2.11. The minimum Gasteiger partial charge on any atom is -0.326 e. The third kappa shape index (κ3) is 1.65. The lowest BCUT2D eigenvalue weighted by molar-refractivity contribution is 0.634. The molecule has 3 nitrogen and oxygen atoms in total. The number of rotatable bonds is 3. The van der Waals surface area contributed by atoms with Gasteiger partial charge in [0.15, 0.2) is 0 Å². The summed E-state index contributed by atoms with van der Waals surface area (Å²) in [5, 5.41) is 4.40. The highest BCUT2D eigenvalue weighted by Crippen LogP contribution is 2.20. The maximum absolute atomic E-state index is 5.56. The molecule has 72 valence electrons. The zero-order valence-electron chi connectivity index (χ0n) is 8.59. The summed E-state index contributed by atoms with van der Waals surface area (Å²) in [6, 6.07) is 0. The summed E-state index contributed by atoms with van der Waals surface area (Å²) in [6.45, 7) is 11.5. The Bertz CT molecular complexity index is 323. The molecule has 0 aliphatic rings. The Balaban J connectivity index is 3.20. The summed E-state index contributed by atoms with van der Waals surface area (Å²) >= 11 is 0. The van der Waals surface area contributed by atoms with E-state index in [0.717, 1.165) is 29.1 Å². The smallest absolute Gasteiger partial charge is 0.0671 e. The first-order valence-corrected chi connectivity index (χ1v) is 4.54. The van der Waals surface area contributed by atoms with Crippen molar-refractivity contribution < 1.29 is 0 Å². The zero-order valence-corrected chi connectivity index (χ0v) is 8.59. The van der Waals surface area contributed by atoms with E-state index in [9.17, 15) is 0 Å². The third-order valence-electron chi connectivity index (χ3n) is 2.28. The van der Waals surface area contributed by atoms with Crippen molar-refractivity contribution in [1.82, 2.24) is 9.78 Å². The largest absolute Gasteiger partial charge is 0.326 e. The van der Waals surface area contributed by atoms with Crippen molar-refractivity contribution in [2.45, 2.75) is 27.3 Å². The van der Waals surface area contributed by atoms with Crippen LogP contribution in [0, 0.1) is 13.8 Å². The molecule has 1 rings (SSSR count). The second-order valence-electron chi connectivity index (χ2n) is 3.17. The van der Waals surface area contributed by atoms with Gasteiger partial charge in [0.25, 0.3) is 0 Å². The van der Waals surface area contributed by atoms with E-state index in [0.29, 0.717) is 6.54 Å². The van der Waals surface area contributed by atoms with Crippen LogP contribution in [-0.4, -0.2) is 16.3 Å². The van der Waals surface area contributed by atoms with Crippen LogP contribution >= 0.6 is 0 Å². The minimum absolute atomic E-state index is 0.497. The second-order valence-corrected chi connectivity index (χ2v) is 3.17. The molecule has 0 unspecified atom stereocenters. The van der Waals surface area contributed by atoms with Gasteiger partial charge in [-0.2, -0.15) is 5.10 Å². The molecule has 0 spiro atoms. The molecule has 3 heteroatoms. The SMILES string of the molecule is C=C(CN)c1c(C)nn(CC)c1C. The van der Waals surface area contributed by atoms with E-state index < -0.39 is 0 Å². The first-order valence-electron chi connectivity index (χ1n) is 4.54. The number of aromatic nitrogens is 2. The van der Waals surface area contributed by atoms with Crippen LogP contribution in [0.25, 0.3) is 5.57 Å². The Morgan fingerprint density at radius 3 is 2.54 bits per heavy atom. The average molecular weight is 179 g/mol. The Morgan fingerprint density at radius 2 is 2.15 bits per heavy atom. The van der Waals surface area contributed by atoms with Crippen LogP contribution in [0.15, 0.2) is 6.58 Å². The Labute approximate surface area is 79.2 Å². The molecule has 0 amide bonds. The van der Waals surface area contributed by atoms with Gasteiger partial charge in [-0.1, -0.05) is 6.58 Å². The van der Waals surface area contributed by atoms with Crippen molar-refractivity contribution in [3.8, 4) is 0 Å². The fourth-order valence-corrected chi connectivity index (χ4v) is 1.62. The topological polar surface area (TPSA) is 43.8 Å². The summed E-state index contributed by atoms with van der Waals surface area (Å²) in [5.41, 5.74) is 9.84. The number of nitrogens with two attached hydrogens (primary N) is 1. The summed E-state index contributed by atoms with van der Waals surface area (Å²) in [6.07, 6.45) is 0.